The van der Waals surface area contributed by atoms with Crippen molar-refractivity contribution in [2.24, 2.45) is 0 Å². The summed E-state index contributed by atoms with van der Waals surface area (Å²) in [6.45, 7) is 1.76. The van der Waals surface area contributed by atoms with Crippen molar-refractivity contribution in [3.05, 3.63) is 60.2 Å². The Morgan fingerprint density at radius 2 is 1.67 bits per heavy atom. The Labute approximate surface area is 190 Å². The van der Waals surface area contributed by atoms with Crippen molar-refractivity contribution in [2.75, 3.05) is 32.8 Å². The molecule has 170 valence electrons. The quantitative estimate of drug-likeness (QED) is 0.386. The zero-order valence-corrected chi connectivity index (χ0v) is 18.5. The van der Waals surface area contributed by atoms with Crippen LogP contribution >= 0.6 is 0 Å². The average Bonchev–Trinajstić information content (AvgIpc) is 3.19. The number of rotatable bonds is 8. The van der Waals surface area contributed by atoms with Crippen LogP contribution in [0.2, 0.25) is 0 Å². The maximum atomic E-state index is 12.5. The van der Waals surface area contributed by atoms with Gasteiger partial charge in [-0.3, -0.25) is 4.79 Å². The molecule has 33 heavy (non-hydrogen) atoms. The predicted molar refractivity (Wildman–Crippen MR) is 123 cm³/mol. The number of benzene rings is 3. The summed E-state index contributed by atoms with van der Waals surface area (Å²) in [6.07, 6.45) is 0. The molecule has 8 heteroatoms. The van der Waals surface area contributed by atoms with E-state index in [1.165, 1.54) is 20.3 Å². The largest absolute Gasteiger partial charge is 0.495 e. The minimum Gasteiger partial charge on any atom is -0.495 e. The van der Waals surface area contributed by atoms with Crippen LogP contribution in [-0.2, 0) is 9.53 Å². The molecule has 8 nitrogen and oxygen atoms in total. The van der Waals surface area contributed by atoms with Crippen molar-refractivity contribution in [3.63, 3.8) is 0 Å². The van der Waals surface area contributed by atoms with Crippen LogP contribution in [0.5, 0.6) is 17.2 Å². The minimum absolute atomic E-state index is 0.244. The third-order valence-corrected chi connectivity index (χ3v) is 5.01. The maximum Gasteiger partial charge on any atom is 0.338 e. The van der Waals surface area contributed by atoms with Gasteiger partial charge in [0.2, 0.25) is 0 Å². The van der Waals surface area contributed by atoms with Gasteiger partial charge in [-0.15, -0.1) is 0 Å². The molecule has 0 saturated carbocycles. The molecule has 1 N–H and O–H groups in total. The van der Waals surface area contributed by atoms with Crippen molar-refractivity contribution < 1.29 is 33.0 Å². The summed E-state index contributed by atoms with van der Waals surface area (Å²) in [6, 6.07) is 15.8. The van der Waals surface area contributed by atoms with Gasteiger partial charge >= 0.3 is 5.97 Å². The van der Waals surface area contributed by atoms with E-state index in [1.807, 2.05) is 31.2 Å². The normalized spacial score (nSPS) is 10.8. The van der Waals surface area contributed by atoms with E-state index in [0.29, 0.717) is 35.1 Å². The van der Waals surface area contributed by atoms with E-state index < -0.39 is 18.5 Å². The second-order valence-electron chi connectivity index (χ2n) is 7.07. The standard InChI is InChI=1S/C25H23NO7/c1-4-31-23-11-15(9-10-20(23)29-2)25(28)32-14-24(27)26-18-13-21-17(12-22(18)30-3)16-7-5-6-8-19(16)33-21/h5-13H,4,14H2,1-3H3,(H,26,27). The second kappa shape index (κ2) is 9.52. The molecule has 0 aliphatic rings. The molecular weight excluding hydrogens is 426 g/mol. The summed E-state index contributed by atoms with van der Waals surface area (Å²) in [5.41, 5.74) is 1.99. The molecule has 0 aliphatic heterocycles. The summed E-state index contributed by atoms with van der Waals surface area (Å²) in [5, 5.41) is 4.53. The first kappa shape index (κ1) is 22.0. The Bertz CT molecular complexity index is 1330. The van der Waals surface area contributed by atoms with Gasteiger partial charge in [-0.1, -0.05) is 18.2 Å². The molecule has 0 aliphatic carbocycles. The number of carbonyl (C=O) groups excluding carboxylic acids is 2. The van der Waals surface area contributed by atoms with Gasteiger partial charge in [-0.05, 0) is 37.3 Å². The summed E-state index contributed by atoms with van der Waals surface area (Å²) in [4.78, 5) is 24.9. The molecule has 4 rings (SSSR count). The lowest BCUT2D eigenvalue weighted by Gasteiger charge is -2.12. The number of hydrogen-bond donors (Lipinski definition) is 1. The number of anilines is 1. The summed E-state index contributed by atoms with van der Waals surface area (Å²) in [5.74, 6) is 0.205. The number of amides is 1. The summed E-state index contributed by atoms with van der Waals surface area (Å²) in [7, 11) is 3.02. The molecule has 4 aromatic rings. The van der Waals surface area contributed by atoms with E-state index in [2.05, 4.69) is 5.32 Å². The van der Waals surface area contributed by atoms with Crippen LogP contribution < -0.4 is 19.5 Å². The van der Waals surface area contributed by atoms with Crippen LogP contribution in [0.15, 0.2) is 59.0 Å². The molecule has 0 atom stereocenters. The molecular formula is C25H23NO7. The van der Waals surface area contributed by atoms with E-state index in [0.717, 1.165) is 16.4 Å². The van der Waals surface area contributed by atoms with Gasteiger partial charge in [0.15, 0.2) is 18.1 Å². The fourth-order valence-corrected chi connectivity index (χ4v) is 3.49. The van der Waals surface area contributed by atoms with Crippen LogP contribution in [-0.4, -0.2) is 39.3 Å². The van der Waals surface area contributed by atoms with E-state index in [4.69, 9.17) is 23.4 Å². The first-order valence-corrected chi connectivity index (χ1v) is 10.3. The topological polar surface area (TPSA) is 96.2 Å². The van der Waals surface area contributed by atoms with E-state index in [9.17, 15) is 9.59 Å². The first-order valence-electron chi connectivity index (χ1n) is 10.3. The molecule has 1 amide bonds. The predicted octanol–water partition coefficient (Wildman–Crippen LogP) is 4.80. The monoisotopic (exact) mass is 449 g/mol. The fourth-order valence-electron chi connectivity index (χ4n) is 3.49. The Morgan fingerprint density at radius 1 is 0.879 bits per heavy atom. The molecule has 0 fully saturated rings. The molecule has 0 unspecified atom stereocenters. The number of nitrogens with one attached hydrogen (secondary N) is 1. The van der Waals surface area contributed by atoms with Gasteiger partial charge in [0, 0.05) is 16.8 Å². The highest BCUT2D eigenvalue weighted by atomic mass is 16.5. The lowest BCUT2D eigenvalue weighted by Crippen LogP contribution is -2.21. The third-order valence-electron chi connectivity index (χ3n) is 5.01. The minimum atomic E-state index is -0.659. The molecule has 0 spiro atoms. The van der Waals surface area contributed by atoms with Crippen LogP contribution in [0.1, 0.15) is 17.3 Å². The highest BCUT2D eigenvalue weighted by Gasteiger charge is 2.17. The number of hydrogen-bond acceptors (Lipinski definition) is 7. The first-order chi connectivity index (χ1) is 16.0. The summed E-state index contributed by atoms with van der Waals surface area (Å²) >= 11 is 0. The lowest BCUT2D eigenvalue weighted by molar-refractivity contribution is -0.119. The number of esters is 1. The highest BCUT2D eigenvalue weighted by Crippen LogP contribution is 2.36. The molecule has 1 aromatic heterocycles. The van der Waals surface area contributed by atoms with Crippen LogP contribution in [0, 0.1) is 0 Å². The zero-order valence-electron chi connectivity index (χ0n) is 18.5. The van der Waals surface area contributed by atoms with Gasteiger partial charge in [-0.25, -0.2) is 4.79 Å². The van der Waals surface area contributed by atoms with Gasteiger partial charge in [0.25, 0.3) is 5.91 Å². The smallest absolute Gasteiger partial charge is 0.338 e. The number of methoxy groups -OCH3 is 2. The Morgan fingerprint density at radius 3 is 2.42 bits per heavy atom. The Kier molecular flexibility index (Phi) is 6.35. The van der Waals surface area contributed by atoms with E-state index in [1.54, 1.807) is 24.3 Å². The average molecular weight is 449 g/mol. The highest BCUT2D eigenvalue weighted by molar-refractivity contribution is 6.08. The van der Waals surface area contributed by atoms with Crippen molar-refractivity contribution in [2.45, 2.75) is 6.92 Å². The number of furan rings is 1. The van der Waals surface area contributed by atoms with Crippen LogP contribution in [0.4, 0.5) is 5.69 Å². The van der Waals surface area contributed by atoms with Crippen molar-refractivity contribution in [1.82, 2.24) is 0 Å². The van der Waals surface area contributed by atoms with Crippen molar-refractivity contribution in [3.8, 4) is 17.2 Å². The van der Waals surface area contributed by atoms with Gasteiger partial charge < -0.3 is 28.7 Å². The van der Waals surface area contributed by atoms with Crippen LogP contribution in [0.3, 0.4) is 0 Å². The summed E-state index contributed by atoms with van der Waals surface area (Å²) < 4.78 is 27.1. The Hall–Kier alpha value is -4.20. The zero-order chi connectivity index (χ0) is 23.4. The number of para-hydroxylation sites is 1. The van der Waals surface area contributed by atoms with E-state index in [-0.39, 0.29) is 5.56 Å². The molecule has 0 radical (unpaired) electrons. The fraction of sp³-hybridized carbons (Fsp3) is 0.200. The molecule has 3 aromatic carbocycles. The number of fused-ring (bicyclic) bond motifs is 3. The Balaban J connectivity index is 1.47. The number of carbonyl (C=O) groups is 2. The molecule has 0 bridgehead atoms. The van der Waals surface area contributed by atoms with Crippen molar-refractivity contribution >= 4 is 39.5 Å². The SMILES string of the molecule is CCOc1cc(C(=O)OCC(=O)Nc2cc3oc4ccccc4c3cc2OC)ccc1OC. The molecule has 1 heterocycles. The van der Waals surface area contributed by atoms with E-state index >= 15 is 0 Å². The maximum absolute atomic E-state index is 12.5. The van der Waals surface area contributed by atoms with Gasteiger partial charge in [0.05, 0.1) is 32.1 Å². The van der Waals surface area contributed by atoms with Crippen LogP contribution in [0.25, 0.3) is 21.9 Å². The second-order valence-corrected chi connectivity index (χ2v) is 7.07. The lowest BCUT2D eigenvalue weighted by atomic mass is 10.1. The van der Waals surface area contributed by atoms with Gasteiger partial charge in [0.1, 0.15) is 16.9 Å². The van der Waals surface area contributed by atoms with Gasteiger partial charge in [-0.2, -0.15) is 0 Å². The molecule has 0 saturated heterocycles. The number of ether oxygens (including phenoxy) is 4. The van der Waals surface area contributed by atoms with Crippen molar-refractivity contribution in [1.29, 1.82) is 0 Å². The third kappa shape index (κ3) is 4.55.